The zero-order valence-corrected chi connectivity index (χ0v) is 12.8. The molecule has 0 unspecified atom stereocenters. The first kappa shape index (κ1) is 20.1. The van der Waals surface area contributed by atoms with Crippen molar-refractivity contribution in [1.29, 1.82) is 0 Å². The third-order valence-electron chi connectivity index (χ3n) is 2.14. The van der Waals surface area contributed by atoms with Crippen LogP contribution in [0.5, 0.6) is 0 Å². The second-order valence-corrected chi connectivity index (χ2v) is 5.33. The Morgan fingerprint density at radius 2 is 1.44 bits per heavy atom. The molecule has 5 N–H and O–H groups in total. The molecule has 0 aromatic carbocycles. The van der Waals surface area contributed by atoms with E-state index in [4.69, 9.17) is 20.5 Å². The van der Waals surface area contributed by atoms with Gasteiger partial charge in [-0.3, -0.25) is 14.1 Å². The molecule has 8 nitrogen and oxygen atoms in total. The Hall–Kier alpha value is -0.190. The fourth-order valence-corrected chi connectivity index (χ4v) is 2.36. The number of rotatable bonds is 8. The third kappa shape index (κ3) is 10.9. The predicted molar refractivity (Wildman–Crippen MR) is 58.2 cm³/mol. The van der Waals surface area contributed by atoms with Gasteiger partial charge in [0.1, 0.15) is 0 Å². The van der Waals surface area contributed by atoms with Crippen molar-refractivity contribution in [3.8, 4) is 0 Å². The van der Waals surface area contributed by atoms with E-state index in [2.05, 4.69) is 0 Å². The van der Waals surface area contributed by atoms with Crippen molar-refractivity contribution in [3.05, 3.63) is 0 Å². The van der Waals surface area contributed by atoms with E-state index in [0.717, 1.165) is 0 Å². The van der Waals surface area contributed by atoms with Crippen LogP contribution in [-0.4, -0.2) is 46.4 Å². The standard InChI is InChI=1S/C8H15NO7S.Na.H/c9-8(3-1-6(10)11,4-2-7(12)13)5-17(14,15)16;;/h1-5,9H2,(H,10,11)(H,12,13)(H,14,15,16);;/q;+1;-1. The largest absolute Gasteiger partial charge is 1.00 e. The minimum absolute atomic E-state index is 0. The van der Waals surface area contributed by atoms with Crippen molar-refractivity contribution in [2.75, 3.05) is 5.75 Å². The van der Waals surface area contributed by atoms with E-state index in [0.29, 0.717) is 0 Å². The van der Waals surface area contributed by atoms with Gasteiger partial charge in [0.05, 0.1) is 5.75 Å². The van der Waals surface area contributed by atoms with Crippen molar-refractivity contribution in [2.24, 2.45) is 5.73 Å². The van der Waals surface area contributed by atoms with E-state index in [1.54, 1.807) is 0 Å². The Morgan fingerprint density at radius 3 is 1.67 bits per heavy atom. The average Bonchev–Trinajstić information content (AvgIpc) is 2.09. The zero-order chi connectivity index (χ0) is 13.7. The quantitative estimate of drug-likeness (QED) is 0.264. The summed E-state index contributed by atoms with van der Waals surface area (Å²) in [4.78, 5) is 20.7. The first-order valence-electron chi connectivity index (χ1n) is 4.72. The van der Waals surface area contributed by atoms with E-state index in [-0.39, 0.29) is 43.8 Å². The smallest absolute Gasteiger partial charge is 1.00 e. The van der Waals surface area contributed by atoms with Crippen LogP contribution in [0.4, 0.5) is 0 Å². The Kier molecular flexibility index (Phi) is 9.03. The Labute approximate surface area is 128 Å². The maximum absolute atomic E-state index is 10.7. The SMILES string of the molecule is NC(CCC(=O)O)(CCC(=O)O)CS(=O)(=O)O.[H-].[Na+]. The number of aliphatic carboxylic acids is 2. The number of nitrogens with two attached hydrogens (primary N) is 1. The van der Waals surface area contributed by atoms with Gasteiger partial charge in [0.25, 0.3) is 10.1 Å². The summed E-state index contributed by atoms with van der Waals surface area (Å²) in [7, 11) is -4.39. The number of carboxylic acid groups (broad SMARTS) is 2. The van der Waals surface area contributed by atoms with Crippen molar-refractivity contribution in [1.82, 2.24) is 0 Å². The molecule has 0 fully saturated rings. The van der Waals surface area contributed by atoms with Gasteiger partial charge in [-0.15, -0.1) is 0 Å². The summed E-state index contributed by atoms with van der Waals surface area (Å²) in [5.74, 6) is -3.21. The molecule has 0 bridgehead atoms. The predicted octanol–water partition coefficient (Wildman–Crippen LogP) is -3.58. The van der Waals surface area contributed by atoms with Crippen LogP contribution in [0, 0.1) is 0 Å². The average molecular weight is 293 g/mol. The molecule has 0 aliphatic heterocycles. The van der Waals surface area contributed by atoms with Gasteiger partial charge in [-0.1, -0.05) is 0 Å². The fraction of sp³-hybridized carbons (Fsp3) is 0.750. The molecule has 0 rings (SSSR count). The molecule has 0 saturated carbocycles. The van der Waals surface area contributed by atoms with E-state index in [1.165, 1.54) is 0 Å². The van der Waals surface area contributed by atoms with Gasteiger partial charge in [0, 0.05) is 18.4 Å². The summed E-state index contributed by atoms with van der Waals surface area (Å²) < 4.78 is 30.1. The van der Waals surface area contributed by atoms with Crippen molar-refractivity contribution < 1.29 is 63.8 Å². The molecule has 0 aliphatic carbocycles. The Balaban J connectivity index is -0.00000128. The van der Waals surface area contributed by atoms with Crippen LogP contribution in [0.3, 0.4) is 0 Å². The van der Waals surface area contributed by atoms with Gasteiger partial charge in [-0.05, 0) is 12.8 Å². The van der Waals surface area contributed by atoms with Crippen molar-refractivity contribution >= 4 is 22.1 Å². The monoisotopic (exact) mass is 293 g/mol. The Bertz CT molecular complexity index is 382. The number of carboxylic acids is 2. The molecular formula is C8H16NNaO7S. The topological polar surface area (TPSA) is 155 Å². The molecule has 0 aliphatic rings. The van der Waals surface area contributed by atoms with Crippen molar-refractivity contribution in [2.45, 2.75) is 31.2 Å². The zero-order valence-electron chi connectivity index (χ0n) is 11.0. The third-order valence-corrected chi connectivity index (χ3v) is 3.08. The number of hydrogen-bond acceptors (Lipinski definition) is 5. The minimum Gasteiger partial charge on any atom is -1.00 e. The molecule has 0 heterocycles. The molecule has 0 atom stereocenters. The van der Waals surface area contributed by atoms with Gasteiger partial charge < -0.3 is 17.4 Å². The van der Waals surface area contributed by atoms with E-state index >= 15 is 0 Å². The number of carbonyl (C=O) groups is 2. The van der Waals surface area contributed by atoms with Crippen LogP contribution < -0.4 is 35.3 Å². The van der Waals surface area contributed by atoms with Crippen LogP contribution in [0.2, 0.25) is 0 Å². The summed E-state index contributed by atoms with van der Waals surface area (Å²) in [5.41, 5.74) is 4.06. The van der Waals surface area contributed by atoms with E-state index in [1.807, 2.05) is 0 Å². The van der Waals surface area contributed by atoms with Gasteiger partial charge in [-0.25, -0.2) is 0 Å². The van der Waals surface area contributed by atoms with Gasteiger partial charge in [0.15, 0.2) is 0 Å². The summed E-state index contributed by atoms with van der Waals surface area (Å²) >= 11 is 0. The first-order valence-corrected chi connectivity index (χ1v) is 6.33. The number of hydrogen-bond donors (Lipinski definition) is 4. The van der Waals surface area contributed by atoms with Crippen LogP contribution in [-0.2, 0) is 19.7 Å². The molecule has 0 aromatic rings. The van der Waals surface area contributed by atoms with E-state index < -0.39 is 46.2 Å². The maximum atomic E-state index is 10.7. The molecule has 18 heavy (non-hydrogen) atoms. The fourth-order valence-electron chi connectivity index (χ4n) is 1.34. The summed E-state index contributed by atoms with van der Waals surface area (Å²) in [6.07, 6.45) is -1.25. The first-order chi connectivity index (χ1) is 7.54. The van der Waals surface area contributed by atoms with Crippen LogP contribution >= 0.6 is 0 Å². The molecule has 10 heteroatoms. The maximum Gasteiger partial charge on any atom is 1.00 e. The van der Waals surface area contributed by atoms with Gasteiger partial charge in [-0.2, -0.15) is 8.42 Å². The van der Waals surface area contributed by atoms with E-state index in [9.17, 15) is 18.0 Å². The van der Waals surface area contributed by atoms with Crippen molar-refractivity contribution in [3.63, 3.8) is 0 Å². The second-order valence-electron chi connectivity index (χ2n) is 3.88. The molecule has 102 valence electrons. The normalized spacial score (nSPS) is 11.7. The Morgan fingerprint density at radius 1 is 1.11 bits per heavy atom. The second kappa shape index (κ2) is 8.08. The van der Waals surface area contributed by atoms with Crippen LogP contribution in [0.15, 0.2) is 0 Å². The summed E-state index contributed by atoms with van der Waals surface area (Å²) in [5, 5.41) is 16.9. The molecule has 0 amide bonds. The summed E-state index contributed by atoms with van der Waals surface area (Å²) in [6, 6.07) is 0. The van der Waals surface area contributed by atoms with Crippen LogP contribution in [0.1, 0.15) is 27.1 Å². The molecule has 0 spiro atoms. The minimum atomic E-state index is -4.39. The molecular weight excluding hydrogens is 277 g/mol. The van der Waals surface area contributed by atoms with Gasteiger partial charge in [0.2, 0.25) is 0 Å². The molecule has 0 saturated heterocycles. The summed E-state index contributed by atoms with van der Waals surface area (Å²) in [6.45, 7) is 0. The van der Waals surface area contributed by atoms with Gasteiger partial charge >= 0.3 is 41.5 Å². The molecule has 0 aromatic heterocycles. The molecule has 0 radical (unpaired) electrons. The van der Waals surface area contributed by atoms with Crippen LogP contribution in [0.25, 0.3) is 0 Å².